The van der Waals surface area contributed by atoms with Crippen LogP contribution in [0.2, 0.25) is 0 Å². The highest BCUT2D eigenvalue weighted by molar-refractivity contribution is 7.91. The summed E-state index contributed by atoms with van der Waals surface area (Å²) >= 11 is 0. The second kappa shape index (κ2) is 8.59. The molecule has 0 N–H and O–H groups in total. The first-order valence-electron chi connectivity index (χ1n) is 10.8. The average Bonchev–Trinajstić information content (AvgIpc) is 3.56. The number of halogens is 1. The molecule has 0 radical (unpaired) electrons. The molecule has 0 atom stereocenters. The van der Waals surface area contributed by atoms with Crippen molar-refractivity contribution in [2.24, 2.45) is 0 Å². The first-order chi connectivity index (χ1) is 15.5. The number of aromatic nitrogens is 4. The van der Waals surface area contributed by atoms with Crippen LogP contribution in [0.3, 0.4) is 0 Å². The predicted molar refractivity (Wildman–Crippen MR) is 119 cm³/mol. The zero-order chi connectivity index (χ0) is 22.1. The van der Waals surface area contributed by atoms with Gasteiger partial charge in [0.05, 0.1) is 28.6 Å². The molecule has 1 aromatic carbocycles. The van der Waals surface area contributed by atoms with Gasteiger partial charge in [-0.3, -0.25) is 4.90 Å². The Bertz CT molecular complexity index is 1200. The number of nitrogens with zero attached hydrogens (tertiary/aromatic N) is 6. The van der Waals surface area contributed by atoms with Crippen LogP contribution in [-0.2, 0) is 22.1 Å². The van der Waals surface area contributed by atoms with Crippen LogP contribution >= 0.6 is 0 Å². The van der Waals surface area contributed by atoms with E-state index in [0.717, 1.165) is 50.5 Å². The van der Waals surface area contributed by atoms with Gasteiger partial charge < -0.3 is 4.90 Å². The SMILES string of the molecule is O=S(=O)(Cc1cccc(N2CCN(Cc3cn(-c4ccccc4F)nn3)CC2)n1)C1CC1. The summed E-state index contributed by atoms with van der Waals surface area (Å²) in [5.74, 6) is 0.499. The molecule has 8 nitrogen and oxygen atoms in total. The number of para-hydroxylation sites is 1. The van der Waals surface area contributed by atoms with Gasteiger partial charge in [-0.05, 0) is 37.1 Å². The number of pyridine rings is 1. The number of sulfone groups is 1. The average molecular weight is 457 g/mol. The molecule has 1 saturated heterocycles. The molecule has 32 heavy (non-hydrogen) atoms. The molecule has 0 unspecified atom stereocenters. The van der Waals surface area contributed by atoms with Crippen molar-refractivity contribution >= 4 is 15.7 Å². The zero-order valence-electron chi connectivity index (χ0n) is 17.6. The molecule has 10 heteroatoms. The Morgan fingerprint density at radius 2 is 1.75 bits per heavy atom. The highest BCUT2D eigenvalue weighted by atomic mass is 32.2. The molecule has 2 fully saturated rings. The van der Waals surface area contributed by atoms with E-state index in [0.29, 0.717) is 17.9 Å². The molecule has 2 aliphatic rings. The van der Waals surface area contributed by atoms with E-state index in [2.05, 4.69) is 25.1 Å². The Balaban J connectivity index is 1.18. The minimum Gasteiger partial charge on any atom is -0.354 e. The lowest BCUT2D eigenvalue weighted by atomic mass is 10.2. The van der Waals surface area contributed by atoms with E-state index < -0.39 is 9.84 Å². The molecule has 0 amide bonds. The number of hydrogen-bond donors (Lipinski definition) is 0. The van der Waals surface area contributed by atoms with Crippen molar-refractivity contribution < 1.29 is 12.8 Å². The molecule has 1 saturated carbocycles. The third kappa shape index (κ3) is 4.66. The van der Waals surface area contributed by atoms with E-state index in [-0.39, 0.29) is 16.8 Å². The van der Waals surface area contributed by atoms with E-state index in [9.17, 15) is 12.8 Å². The Labute approximate surface area is 186 Å². The normalized spacial score (nSPS) is 17.6. The molecule has 1 aliphatic carbocycles. The topological polar surface area (TPSA) is 84.2 Å². The molecular weight excluding hydrogens is 431 g/mol. The molecule has 3 heterocycles. The maximum atomic E-state index is 14.0. The number of piperazine rings is 1. The number of anilines is 1. The van der Waals surface area contributed by atoms with Crippen molar-refractivity contribution in [1.29, 1.82) is 0 Å². The van der Waals surface area contributed by atoms with Crippen LogP contribution in [0.25, 0.3) is 5.69 Å². The molecule has 0 bridgehead atoms. The molecule has 2 aromatic heterocycles. The number of benzene rings is 1. The lowest BCUT2D eigenvalue weighted by Gasteiger charge is -2.35. The number of hydrogen-bond acceptors (Lipinski definition) is 7. The highest BCUT2D eigenvalue weighted by Crippen LogP contribution is 2.30. The van der Waals surface area contributed by atoms with Crippen molar-refractivity contribution in [1.82, 2.24) is 24.9 Å². The monoisotopic (exact) mass is 456 g/mol. The van der Waals surface area contributed by atoms with Gasteiger partial charge in [0, 0.05) is 32.7 Å². The van der Waals surface area contributed by atoms with Crippen molar-refractivity contribution in [3.63, 3.8) is 0 Å². The van der Waals surface area contributed by atoms with E-state index in [1.165, 1.54) is 10.7 Å². The van der Waals surface area contributed by atoms with E-state index in [1.54, 1.807) is 30.5 Å². The number of rotatable bonds is 7. The fourth-order valence-electron chi connectivity index (χ4n) is 3.96. The smallest absolute Gasteiger partial charge is 0.158 e. The summed E-state index contributed by atoms with van der Waals surface area (Å²) in [4.78, 5) is 9.06. The van der Waals surface area contributed by atoms with Crippen LogP contribution in [-0.4, -0.2) is 64.7 Å². The van der Waals surface area contributed by atoms with E-state index in [4.69, 9.17) is 0 Å². The molecular formula is C22H25FN6O2S. The van der Waals surface area contributed by atoms with Crippen LogP contribution in [0.15, 0.2) is 48.7 Å². The van der Waals surface area contributed by atoms with Gasteiger partial charge >= 0.3 is 0 Å². The third-order valence-electron chi connectivity index (χ3n) is 5.90. The second-order valence-electron chi connectivity index (χ2n) is 8.36. The quantitative estimate of drug-likeness (QED) is 0.539. The van der Waals surface area contributed by atoms with Crippen LogP contribution in [0, 0.1) is 5.82 Å². The van der Waals surface area contributed by atoms with Crippen molar-refractivity contribution in [2.45, 2.75) is 30.4 Å². The summed E-state index contributed by atoms with van der Waals surface area (Å²) in [5, 5.41) is 8.08. The minimum absolute atomic E-state index is 0.0170. The van der Waals surface area contributed by atoms with Crippen LogP contribution in [0.1, 0.15) is 24.2 Å². The van der Waals surface area contributed by atoms with Gasteiger partial charge in [0.1, 0.15) is 17.3 Å². The molecule has 168 valence electrons. The Morgan fingerprint density at radius 1 is 0.969 bits per heavy atom. The van der Waals surface area contributed by atoms with Gasteiger partial charge in [0.15, 0.2) is 9.84 Å². The molecule has 1 aliphatic heterocycles. The van der Waals surface area contributed by atoms with Crippen LogP contribution < -0.4 is 4.90 Å². The van der Waals surface area contributed by atoms with Gasteiger partial charge in [-0.15, -0.1) is 5.10 Å². The standard InChI is InChI=1S/C22H25FN6O2S/c23-20-5-1-2-6-21(20)29-15-18(25-26-29)14-27-10-12-28(13-11-27)22-7-3-4-17(24-22)16-32(30,31)19-8-9-19/h1-7,15,19H,8-14,16H2. The summed E-state index contributed by atoms with van der Waals surface area (Å²) in [5.41, 5.74) is 1.78. The van der Waals surface area contributed by atoms with Gasteiger partial charge in [-0.2, -0.15) is 0 Å². The maximum Gasteiger partial charge on any atom is 0.158 e. The van der Waals surface area contributed by atoms with Gasteiger partial charge in [0.25, 0.3) is 0 Å². The lowest BCUT2D eigenvalue weighted by molar-refractivity contribution is 0.246. The Hall–Kier alpha value is -2.85. The Morgan fingerprint density at radius 3 is 2.50 bits per heavy atom. The van der Waals surface area contributed by atoms with Gasteiger partial charge in [-0.1, -0.05) is 23.4 Å². The summed E-state index contributed by atoms with van der Waals surface area (Å²) in [6, 6.07) is 12.1. The van der Waals surface area contributed by atoms with Gasteiger partial charge in [0.2, 0.25) is 0 Å². The summed E-state index contributed by atoms with van der Waals surface area (Å²) in [6.07, 6.45) is 3.31. The predicted octanol–water partition coefficient (Wildman–Crippen LogP) is 2.20. The molecule has 3 aromatic rings. The maximum absolute atomic E-state index is 14.0. The largest absolute Gasteiger partial charge is 0.354 e. The van der Waals surface area contributed by atoms with Crippen LogP contribution in [0.5, 0.6) is 0 Å². The fourth-order valence-corrected chi connectivity index (χ4v) is 5.63. The summed E-state index contributed by atoms with van der Waals surface area (Å²) in [6.45, 7) is 3.84. The highest BCUT2D eigenvalue weighted by Gasteiger charge is 2.35. The third-order valence-corrected chi connectivity index (χ3v) is 8.08. The van der Waals surface area contributed by atoms with Crippen molar-refractivity contribution in [3.8, 4) is 5.69 Å². The van der Waals surface area contributed by atoms with E-state index >= 15 is 0 Å². The minimum atomic E-state index is -3.08. The van der Waals surface area contributed by atoms with Gasteiger partial charge in [-0.25, -0.2) is 22.5 Å². The second-order valence-corrected chi connectivity index (χ2v) is 10.6. The summed E-state index contributed by atoms with van der Waals surface area (Å²) < 4.78 is 40.0. The fraction of sp³-hybridized carbons (Fsp3) is 0.409. The molecule has 0 spiro atoms. The van der Waals surface area contributed by atoms with Crippen molar-refractivity contribution in [2.75, 3.05) is 31.1 Å². The van der Waals surface area contributed by atoms with Crippen LogP contribution in [0.4, 0.5) is 10.2 Å². The Kier molecular flexibility index (Phi) is 5.64. The summed E-state index contributed by atoms with van der Waals surface area (Å²) in [7, 11) is -3.08. The lowest BCUT2D eigenvalue weighted by Crippen LogP contribution is -2.46. The van der Waals surface area contributed by atoms with E-state index in [1.807, 2.05) is 12.1 Å². The first kappa shape index (κ1) is 21.0. The zero-order valence-corrected chi connectivity index (χ0v) is 18.5. The molecule has 5 rings (SSSR count). The first-order valence-corrected chi connectivity index (χ1v) is 12.5. The van der Waals surface area contributed by atoms with Crippen molar-refractivity contribution in [3.05, 3.63) is 65.9 Å².